The van der Waals surface area contributed by atoms with Gasteiger partial charge in [-0.25, -0.2) is 0 Å². The van der Waals surface area contributed by atoms with Gasteiger partial charge in [-0.1, -0.05) is 22.6 Å². The molecule has 0 aromatic carbocycles. The van der Waals surface area contributed by atoms with Crippen molar-refractivity contribution in [2.45, 2.75) is 15.8 Å². The monoisotopic (exact) mass is 418 g/mol. The van der Waals surface area contributed by atoms with Gasteiger partial charge >= 0.3 is 15.8 Å². The zero-order valence-electron chi connectivity index (χ0n) is 5.23. The molecule has 0 bridgehead atoms. The lowest BCUT2D eigenvalue weighted by Gasteiger charge is -2.28. The minimum Gasteiger partial charge on any atom is -0.199 e. The maximum Gasteiger partial charge on any atom is 0.381 e. The van der Waals surface area contributed by atoms with Crippen LogP contribution in [0.25, 0.3) is 0 Å². The Hall–Kier alpha value is 1.04. The van der Waals surface area contributed by atoms with Crippen LogP contribution in [0.3, 0.4) is 0 Å². The summed E-state index contributed by atoms with van der Waals surface area (Å²) in [5, 5.41) is 0. The summed E-state index contributed by atoms with van der Waals surface area (Å²) in [7, 11) is 0. The molecule has 0 aromatic heterocycles. The number of alkyl halides is 8. The van der Waals surface area contributed by atoms with Crippen LogP contribution in [0, 0.1) is 0 Å². The Bertz CT molecular complexity index is 161. The second-order valence-electron chi connectivity index (χ2n) is 1.91. The van der Waals surface area contributed by atoms with Gasteiger partial charge in [-0.3, -0.25) is 0 Å². The van der Waals surface area contributed by atoms with Crippen molar-refractivity contribution in [2.75, 3.05) is 4.43 Å². The summed E-state index contributed by atoms with van der Waals surface area (Å²) >= 11 is 0.930. The predicted octanol–water partition coefficient (Wildman–Crippen LogP) is 3.72. The van der Waals surface area contributed by atoms with E-state index in [1.54, 1.807) is 0 Å². The van der Waals surface area contributed by atoms with E-state index in [9.17, 15) is 26.3 Å². The zero-order valence-corrected chi connectivity index (χ0v) is 9.55. The molecule has 0 unspecified atom stereocenters. The molecule has 0 amide bonds. The highest BCUT2D eigenvalue weighted by molar-refractivity contribution is 14.1. The highest BCUT2D eigenvalue weighted by atomic mass is 127. The van der Waals surface area contributed by atoms with Crippen molar-refractivity contribution in [3.63, 3.8) is 0 Å². The lowest BCUT2D eigenvalue weighted by molar-refractivity contribution is -0.258. The molecule has 0 heterocycles. The number of hydrogen-bond donors (Lipinski definition) is 0. The van der Waals surface area contributed by atoms with Crippen molar-refractivity contribution in [3.05, 3.63) is 0 Å². The Morgan fingerprint density at radius 1 is 0.917 bits per heavy atom. The van der Waals surface area contributed by atoms with Gasteiger partial charge in [0.15, 0.2) is 0 Å². The lowest BCUT2D eigenvalue weighted by Crippen LogP contribution is -2.51. The molecule has 0 spiro atoms. The molecule has 12 heavy (non-hydrogen) atoms. The maximum absolute atomic E-state index is 12.2. The first kappa shape index (κ1) is 13.0. The molecule has 0 atom stereocenters. The highest BCUT2D eigenvalue weighted by Gasteiger charge is 2.69. The molecule has 0 aliphatic rings. The van der Waals surface area contributed by atoms with E-state index in [-0.39, 0.29) is 22.6 Å². The van der Waals surface area contributed by atoms with Crippen LogP contribution in [0.1, 0.15) is 0 Å². The SMILES string of the molecule is FC(F)(I)C(F)(F)C(F)(F)CI. The van der Waals surface area contributed by atoms with E-state index >= 15 is 0 Å². The van der Waals surface area contributed by atoms with Crippen LogP contribution in [0.2, 0.25) is 0 Å². The third-order valence-corrected chi connectivity index (χ3v) is 2.62. The number of rotatable bonds is 3. The van der Waals surface area contributed by atoms with Crippen LogP contribution in [-0.2, 0) is 0 Å². The summed E-state index contributed by atoms with van der Waals surface area (Å²) in [6, 6.07) is 0. The first-order valence-electron chi connectivity index (χ1n) is 2.44. The molecular formula is C4H2F6I2. The van der Waals surface area contributed by atoms with Crippen LogP contribution in [0.5, 0.6) is 0 Å². The molecule has 0 aromatic rings. The first-order valence-corrected chi connectivity index (χ1v) is 5.05. The van der Waals surface area contributed by atoms with Gasteiger partial charge in [-0.05, 0) is 0 Å². The van der Waals surface area contributed by atoms with E-state index in [0.717, 1.165) is 22.6 Å². The van der Waals surface area contributed by atoms with Gasteiger partial charge in [-0.15, -0.1) is 0 Å². The molecule has 0 nitrogen and oxygen atoms in total. The fraction of sp³-hybridized carbons (Fsp3) is 1.00. The summed E-state index contributed by atoms with van der Waals surface area (Å²) < 4.78 is 66.5. The largest absolute Gasteiger partial charge is 0.381 e. The Balaban J connectivity index is 4.85. The van der Waals surface area contributed by atoms with Crippen molar-refractivity contribution in [2.24, 2.45) is 0 Å². The van der Waals surface area contributed by atoms with E-state index in [0.29, 0.717) is 0 Å². The minimum atomic E-state index is -5.30. The first-order chi connectivity index (χ1) is 5.06. The summed E-state index contributed by atoms with van der Waals surface area (Å²) in [5.74, 6) is -9.99. The fourth-order valence-electron chi connectivity index (χ4n) is 0.291. The van der Waals surface area contributed by atoms with Crippen molar-refractivity contribution < 1.29 is 26.3 Å². The van der Waals surface area contributed by atoms with E-state index in [2.05, 4.69) is 0 Å². The number of halogens is 8. The van der Waals surface area contributed by atoms with Gasteiger partial charge < -0.3 is 0 Å². The summed E-state index contributed by atoms with van der Waals surface area (Å²) in [4.78, 5) is 0. The van der Waals surface area contributed by atoms with E-state index in [1.807, 2.05) is 0 Å². The fourth-order valence-corrected chi connectivity index (χ4v) is 1.16. The van der Waals surface area contributed by atoms with Gasteiger partial charge in [0.2, 0.25) is 0 Å². The molecule has 0 fully saturated rings. The van der Waals surface area contributed by atoms with E-state index in [4.69, 9.17) is 0 Å². The smallest absolute Gasteiger partial charge is 0.199 e. The summed E-state index contributed by atoms with van der Waals surface area (Å²) in [5.41, 5.74) is 0. The maximum atomic E-state index is 12.2. The molecular weight excluding hydrogens is 416 g/mol. The Kier molecular flexibility index (Phi) is 3.97. The van der Waals surface area contributed by atoms with Crippen LogP contribution in [0.4, 0.5) is 26.3 Å². The third kappa shape index (κ3) is 2.29. The highest BCUT2D eigenvalue weighted by Crippen LogP contribution is 2.49. The lowest BCUT2D eigenvalue weighted by atomic mass is 10.2. The second-order valence-corrected chi connectivity index (χ2v) is 4.03. The zero-order chi connectivity index (χ0) is 10.2. The van der Waals surface area contributed by atoms with Crippen molar-refractivity contribution in [1.29, 1.82) is 0 Å². The van der Waals surface area contributed by atoms with Gasteiger partial charge in [0, 0.05) is 22.6 Å². The van der Waals surface area contributed by atoms with E-state index in [1.165, 1.54) is 0 Å². The molecule has 0 aliphatic heterocycles. The van der Waals surface area contributed by atoms with Gasteiger partial charge in [0.1, 0.15) is 0 Å². The summed E-state index contributed by atoms with van der Waals surface area (Å²) in [6.45, 7) is 0. The van der Waals surface area contributed by atoms with Crippen LogP contribution in [0.15, 0.2) is 0 Å². The summed E-state index contributed by atoms with van der Waals surface area (Å²) in [6.07, 6.45) is 0. The topological polar surface area (TPSA) is 0 Å². The molecule has 0 radical (unpaired) electrons. The van der Waals surface area contributed by atoms with Crippen molar-refractivity contribution >= 4 is 45.2 Å². The minimum absolute atomic E-state index is 0.00128. The predicted molar refractivity (Wildman–Crippen MR) is 47.7 cm³/mol. The molecule has 74 valence electrons. The molecule has 8 heteroatoms. The number of hydrogen-bond acceptors (Lipinski definition) is 0. The van der Waals surface area contributed by atoms with E-state index < -0.39 is 20.2 Å². The van der Waals surface area contributed by atoms with Gasteiger partial charge in [-0.2, -0.15) is 26.3 Å². The van der Waals surface area contributed by atoms with Crippen LogP contribution in [-0.4, -0.2) is 20.2 Å². The molecule has 0 saturated heterocycles. The average Bonchev–Trinajstić information content (AvgIpc) is 1.85. The van der Waals surface area contributed by atoms with Gasteiger partial charge in [0.05, 0.1) is 4.43 Å². The average molecular weight is 418 g/mol. The Morgan fingerprint density at radius 2 is 1.25 bits per heavy atom. The van der Waals surface area contributed by atoms with Crippen LogP contribution >= 0.6 is 45.2 Å². The third-order valence-electron chi connectivity index (χ3n) is 0.983. The quantitative estimate of drug-likeness (QED) is 0.373. The second kappa shape index (κ2) is 3.65. The van der Waals surface area contributed by atoms with Crippen molar-refractivity contribution in [1.82, 2.24) is 0 Å². The normalized spacial score (nSPS) is 15.0. The van der Waals surface area contributed by atoms with Crippen LogP contribution < -0.4 is 0 Å². The molecule has 0 N–H and O–H groups in total. The Labute approximate surface area is 91.4 Å². The standard InChI is InChI=1S/C4H2F6I2/c5-2(6,1-11)3(7,8)4(9,10)12/h1H2. The molecule has 0 aliphatic carbocycles. The Morgan fingerprint density at radius 3 is 1.33 bits per heavy atom. The molecule has 0 rings (SSSR count). The van der Waals surface area contributed by atoms with Crippen molar-refractivity contribution in [3.8, 4) is 0 Å². The molecule has 0 saturated carbocycles. The van der Waals surface area contributed by atoms with Gasteiger partial charge in [0.25, 0.3) is 0 Å².